The SMILES string of the molecule is O=C(O)[C@@H]1CCCN(C(=O)CCC2CCCCC2)C1. The van der Waals surface area contributed by atoms with E-state index in [0.717, 1.165) is 25.3 Å². The molecule has 4 heteroatoms. The normalized spacial score (nSPS) is 25.3. The average Bonchev–Trinajstić information content (AvgIpc) is 2.46. The van der Waals surface area contributed by atoms with Crippen LogP contribution in [0, 0.1) is 11.8 Å². The van der Waals surface area contributed by atoms with E-state index in [9.17, 15) is 9.59 Å². The van der Waals surface area contributed by atoms with Crippen molar-refractivity contribution in [3.63, 3.8) is 0 Å². The summed E-state index contributed by atoms with van der Waals surface area (Å²) in [5.41, 5.74) is 0. The number of carboxylic acid groups (broad SMARTS) is 1. The molecule has 0 aromatic rings. The van der Waals surface area contributed by atoms with Gasteiger partial charge in [-0.1, -0.05) is 32.1 Å². The van der Waals surface area contributed by atoms with Gasteiger partial charge < -0.3 is 10.0 Å². The number of nitrogens with zero attached hydrogens (tertiary/aromatic N) is 1. The molecule has 19 heavy (non-hydrogen) atoms. The molecule has 0 aromatic heterocycles. The highest BCUT2D eigenvalue weighted by Crippen LogP contribution is 2.28. The van der Waals surface area contributed by atoms with Crippen LogP contribution in [0.2, 0.25) is 0 Å². The molecule has 4 nitrogen and oxygen atoms in total. The lowest BCUT2D eigenvalue weighted by Crippen LogP contribution is -2.42. The van der Waals surface area contributed by atoms with Gasteiger partial charge in [-0.05, 0) is 25.2 Å². The average molecular weight is 267 g/mol. The number of carbonyl (C=O) groups excluding carboxylic acids is 1. The summed E-state index contributed by atoms with van der Waals surface area (Å²) >= 11 is 0. The zero-order valence-electron chi connectivity index (χ0n) is 11.6. The second-order valence-corrected chi connectivity index (χ2v) is 6.06. The highest BCUT2D eigenvalue weighted by atomic mass is 16.4. The van der Waals surface area contributed by atoms with Gasteiger partial charge in [-0.15, -0.1) is 0 Å². The molecule has 1 atom stereocenters. The van der Waals surface area contributed by atoms with Gasteiger partial charge in [0.2, 0.25) is 5.91 Å². The van der Waals surface area contributed by atoms with Crippen LogP contribution in [0.5, 0.6) is 0 Å². The quantitative estimate of drug-likeness (QED) is 0.852. The maximum absolute atomic E-state index is 12.1. The minimum Gasteiger partial charge on any atom is -0.481 e. The lowest BCUT2D eigenvalue weighted by atomic mass is 9.86. The standard InChI is InChI=1S/C15H25NO3/c17-14(9-8-12-5-2-1-3-6-12)16-10-4-7-13(11-16)15(18)19/h12-13H,1-11H2,(H,18,19)/t13-/m1/s1. The van der Waals surface area contributed by atoms with E-state index in [1.165, 1.54) is 32.1 Å². The summed E-state index contributed by atoms with van der Waals surface area (Å²) < 4.78 is 0. The summed E-state index contributed by atoms with van der Waals surface area (Å²) in [5.74, 6) is -0.230. The van der Waals surface area contributed by atoms with E-state index in [1.54, 1.807) is 4.90 Å². The Balaban J connectivity index is 1.74. The van der Waals surface area contributed by atoms with Crippen molar-refractivity contribution >= 4 is 11.9 Å². The fourth-order valence-electron chi connectivity index (χ4n) is 3.37. The van der Waals surface area contributed by atoms with Crippen LogP contribution in [0.15, 0.2) is 0 Å². The van der Waals surface area contributed by atoms with Crippen molar-refractivity contribution in [2.24, 2.45) is 11.8 Å². The Morgan fingerprint density at radius 3 is 2.47 bits per heavy atom. The third-order valence-corrected chi connectivity index (χ3v) is 4.61. The van der Waals surface area contributed by atoms with Crippen LogP contribution in [-0.4, -0.2) is 35.0 Å². The zero-order chi connectivity index (χ0) is 13.7. The van der Waals surface area contributed by atoms with E-state index in [-0.39, 0.29) is 11.8 Å². The van der Waals surface area contributed by atoms with Crippen LogP contribution in [-0.2, 0) is 9.59 Å². The van der Waals surface area contributed by atoms with Gasteiger partial charge in [0.1, 0.15) is 0 Å². The number of carbonyl (C=O) groups is 2. The summed E-state index contributed by atoms with van der Waals surface area (Å²) in [4.78, 5) is 24.9. The molecule has 1 saturated heterocycles. The molecule has 1 heterocycles. The van der Waals surface area contributed by atoms with Gasteiger partial charge in [-0.2, -0.15) is 0 Å². The Bertz CT molecular complexity index is 323. The molecule has 1 aliphatic carbocycles. The number of hydrogen-bond acceptors (Lipinski definition) is 2. The van der Waals surface area contributed by atoms with Crippen molar-refractivity contribution in [1.82, 2.24) is 4.90 Å². The Hall–Kier alpha value is -1.06. The van der Waals surface area contributed by atoms with E-state index in [4.69, 9.17) is 5.11 Å². The summed E-state index contributed by atoms with van der Waals surface area (Å²) in [6, 6.07) is 0. The Morgan fingerprint density at radius 2 is 1.79 bits per heavy atom. The monoisotopic (exact) mass is 267 g/mol. The molecule has 0 spiro atoms. The van der Waals surface area contributed by atoms with Crippen LogP contribution in [0.3, 0.4) is 0 Å². The molecule has 0 radical (unpaired) electrons. The zero-order valence-corrected chi connectivity index (χ0v) is 11.6. The largest absolute Gasteiger partial charge is 0.481 e. The van der Waals surface area contributed by atoms with Gasteiger partial charge in [0.25, 0.3) is 0 Å². The predicted molar refractivity (Wildman–Crippen MR) is 72.7 cm³/mol. The minimum atomic E-state index is -0.759. The number of amides is 1. The van der Waals surface area contributed by atoms with E-state index >= 15 is 0 Å². The number of piperidine rings is 1. The molecule has 0 aromatic carbocycles. The summed E-state index contributed by atoms with van der Waals surface area (Å²) in [6.07, 6.45) is 9.64. The fourth-order valence-corrected chi connectivity index (χ4v) is 3.37. The lowest BCUT2D eigenvalue weighted by molar-refractivity contribution is -0.145. The van der Waals surface area contributed by atoms with Gasteiger partial charge in [-0.3, -0.25) is 9.59 Å². The Labute approximate surface area is 115 Å². The second-order valence-electron chi connectivity index (χ2n) is 6.06. The van der Waals surface area contributed by atoms with Crippen molar-refractivity contribution in [2.45, 2.75) is 57.8 Å². The highest BCUT2D eigenvalue weighted by molar-refractivity contribution is 5.78. The number of hydrogen-bond donors (Lipinski definition) is 1. The number of likely N-dealkylation sites (tertiary alicyclic amines) is 1. The van der Waals surface area contributed by atoms with E-state index in [2.05, 4.69) is 0 Å². The third-order valence-electron chi connectivity index (χ3n) is 4.61. The van der Waals surface area contributed by atoms with Crippen LogP contribution >= 0.6 is 0 Å². The maximum Gasteiger partial charge on any atom is 0.308 e. The number of rotatable bonds is 4. The van der Waals surface area contributed by atoms with Gasteiger partial charge in [0.15, 0.2) is 0 Å². The fraction of sp³-hybridized carbons (Fsp3) is 0.867. The molecule has 108 valence electrons. The van der Waals surface area contributed by atoms with Crippen molar-refractivity contribution < 1.29 is 14.7 Å². The first-order valence-electron chi connectivity index (χ1n) is 7.67. The summed E-state index contributed by atoms with van der Waals surface area (Å²) in [5, 5.41) is 9.03. The first-order chi connectivity index (χ1) is 9.16. The first-order valence-corrected chi connectivity index (χ1v) is 7.67. The Morgan fingerprint density at radius 1 is 1.05 bits per heavy atom. The molecule has 1 amide bonds. The molecule has 2 rings (SSSR count). The van der Waals surface area contributed by atoms with E-state index in [1.807, 2.05) is 0 Å². The Kier molecular flexibility index (Phi) is 5.23. The smallest absolute Gasteiger partial charge is 0.308 e. The summed E-state index contributed by atoms with van der Waals surface area (Å²) in [6.45, 7) is 1.16. The molecule has 2 fully saturated rings. The predicted octanol–water partition coefficient (Wildman–Crippen LogP) is 2.67. The van der Waals surface area contributed by atoms with Gasteiger partial charge in [0, 0.05) is 19.5 Å². The summed E-state index contributed by atoms with van der Waals surface area (Å²) in [7, 11) is 0. The van der Waals surface area contributed by atoms with Crippen LogP contribution in [0.1, 0.15) is 57.8 Å². The van der Waals surface area contributed by atoms with Gasteiger partial charge >= 0.3 is 5.97 Å². The van der Waals surface area contributed by atoms with Crippen molar-refractivity contribution in [3.05, 3.63) is 0 Å². The van der Waals surface area contributed by atoms with Crippen molar-refractivity contribution in [1.29, 1.82) is 0 Å². The molecule has 1 N–H and O–H groups in total. The van der Waals surface area contributed by atoms with E-state index in [0.29, 0.717) is 19.4 Å². The third kappa shape index (κ3) is 4.22. The van der Waals surface area contributed by atoms with Crippen molar-refractivity contribution in [3.8, 4) is 0 Å². The molecular formula is C15H25NO3. The first kappa shape index (κ1) is 14.4. The lowest BCUT2D eigenvalue weighted by Gasteiger charge is -2.31. The molecule has 2 aliphatic rings. The minimum absolute atomic E-state index is 0.163. The maximum atomic E-state index is 12.1. The topological polar surface area (TPSA) is 57.6 Å². The number of aliphatic carboxylic acids is 1. The number of carboxylic acids is 1. The second kappa shape index (κ2) is 6.92. The molecule has 0 bridgehead atoms. The van der Waals surface area contributed by atoms with Crippen LogP contribution < -0.4 is 0 Å². The molecule has 1 saturated carbocycles. The van der Waals surface area contributed by atoms with Gasteiger partial charge in [-0.25, -0.2) is 0 Å². The van der Waals surface area contributed by atoms with Crippen molar-refractivity contribution in [2.75, 3.05) is 13.1 Å². The highest BCUT2D eigenvalue weighted by Gasteiger charge is 2.28. The molecule has 1 aliphatic heterocycles. The van der Waals surface area contributed by atoms with Gasteiger partial charge in [0.05, 0.1) is 5.92 Å². The van der Waals surface area contributed by atoms with Crippen LogP contribution in [0.4, 0.5) is 0 Å². The molecule has 0 unspecified atom stereocenters. The van der Waals surface area contributed by atoms with E-state index < -0.39 is 5.97 Å². The van der Waals surface area contributed by atoms with Crippen LogP contribution in [0.25, 0.3) is 0 Å². The molecular weight excluding hydrogens is 242 g/mol.